The highest BCUT2D eigenvalue weighted by atomic mass is 16.2. The molecule has 0 bridgehead atoms. The van der Waals surface area contributed by atoms with E-state index in [0.717, 1.165) is 41.8 Å². The lowest BCUT2D eigenvalue weighted by Crippen LogP contribution is -2.30. The van der Waals surface area contributed by atoms with Crippen LogP contribution in [0, 0.1) is 0 Å². The molecule has 1 atom stereocenters. The summed E-state index contributed by atoms with van der Waals surface area (Å²) in [7, 11) is 1.92. The first-order valence-corrected chi connectivity index (χ1v) is 11.7. The number of carbonyl (C=O) groups is 1. The van der Waals surface area contributed by atoms with Gasteiger partial charge in [-0.3, -0.25) is 4.79 Å². The van der Waals surface area contributed by atoms with Gasteiger partial charge in [0.25, 0.3) is 5.91 Å². The molecule has 1 unspecified atom stereocenters. The number of amides is 1. The lowest BCUT2D eigenvalue weighted by atomic mass is 10.0. The largest absolute Gasteiger partial charge is 0.344 e. The Bertz CT molecular complexity index is 1200. The zero-order valence-corrected chi connectivity index (χ0v) is 19.6. The Morgan fingerprint density at radius 3 is 2.12 bits per heavy atom. The Balaban J connectivity index is 1.76. The summed E-state index contributed by atoms with van der Waals surface area (Å²) >= 11 is 0. The summed E-state index contributed by atoms with van der Waals surface area (Å²) < 4.78 is 1.91. The van der Waals surface area contributed by atoms with Crippen LogP contribution in [-0.2, 0) is 13.5 Å². The van der Waals surface area contributed by atoms with Crippen molar-refractivity contribution in [3.8, 4) is 22.6 Å². The van der Waals surface area contributed by atoms with Crippen LogP contribution in [0.5, 0.6) is 0 Å². The van der Waals surface area contributed by atoms with Gasteiger partial charge in [-0.05, 0) is 24.0 Å². The molecule has 4 heteroatoms. The molecule has 4 rings (SSSR count). The molecule has 0 radical (unpaired) electrons. The molecule has 1 heterocycles. The van der Waals surface area contributed by atoms with E-state index < -0.39 is 0 Å². The lowest BCUT2D eigenvalue weighted by molar-refractivity contribution is 0.0928. The minimum atomic E-state index is -0.115. The van der Waals surface area contributed by atoms with Gasteiger partial charge in [-0.2, -0.15) is 0 Å². The number of hydrogen-bond acceptors (Lipinski definition) is 2. The van der Waals surface area contributed by atoms with Gasteiger partial charge < -0.3 is 9.88 Å². The second-order valence-electron chi connectivity index (χ2n) is 8.35. The van der Waals surface area contributed by atoms with Crippen molar-refractivity contribution in [3.63, 3.8) is 0 Å². The molecule has 0 saturated heterocycles. The van der Waals surface area contributed by atoms with E-state index in [4.69, 9.17) is 4.98 Å². The number of imidazole rings is 1. The highest BCUT2D eigenvalue weighted by molar-refractivity contribution is 5.99. The maximum atomic E-state index is 13.6. The summed E-state index contributed by atoms with van der Waals surface area (Å²) in [5.74, 6) is 0.664. The molecular weight excluding hydrogens is 406 g/mol. The van der Waals surface area contributed by atoms with Crippen LogP contribution >= 0.6 is 0 Å². The molecule has 0 fully saturated rings. The highest BCUT2D eigenvalue weighted by Crippen LogP contribution is 2.30. The molecule has 3 aromatic carbocycles. The van der Waals surface area contributed by atoms with Crippen molar-refractivity contribution in [2.45, 2.75) is 39.2 Å². The van der Waals surface area contributed by atoms with Gasteiger partial charge >= 0.3 is 0 Å². The van der Waals surface area contributed by atoms with Gasteiger partial charge in [-0.25, -0.2) is 4.98 Å². The first-order valence-electron chi connectivity index (χ1n) is 11.7. The Hall–Kier alpha value is -3.66. The average Bonchev–Trinajstić information content (AvgIpc) is 3.21. The molecule has 1 N–H and O–H groups in total. The minimum Gasteiger partial charge on any atom is -0.344 e. The number of hydrogen-bond donors (Lipinski definition) is 1. The van der Waals surface area contributed by atoms with Crippen LogP contribution in [0.4, 0.5) is 0 Å². The van der Waals surface area contributed by atoms with Crippen LogP contribution < -0.4 is 5.32 Å². The van der Waals surface area contributed by atoms with E-state index in [2.05, 4.69) is 55.6 Å². The van der Waals surface area contributed by atoms with E-state index in [1.165, 1.54) is 5.56 Å². The summed E-state index contributed by atoms with van der Waals surface area (Å²) in [6.45, 7) is 4.27. The Labute approximate surface area is 196 Å². The van der Waals surface area contributed by atoms with Crippen molar-refractivity contribution >= 4 is 5.91 Å². The third kappa shape index (κ3) is 4.90. The summed E-state index contributed by atoms with van der Waals surface area (Å²) in [4.78, 5) is 18.6. The van der Waals surface area contributed by atoms with Crippen molar-refractivity contribution in [2.24, 2.45) is 7.05 Å². The van der Waals surface area contributed by atoms with E-state index in [0.29, 0.717) is 11.4 Å². The van der Waals surface area contributed by atoms with E-state index in [9.17, 15) is 4.79 Å². The zero-order chi connectivity index (χ0) is 23.2. The Morgan fingerprint density at radius 1 is 0.879 bits per heavy atom. The third-order valence-corrected chi connectivity index (χ3v) is 6.02. The number of nitrogens with zero attached hydrogens (tertiary/aromatic N) is 2. The van der Waals surface area contributed by atoms with E-state index >= 15 is 0 Å². The number of aryl methyl sites for hydroxylation is 1. The molecule has 0 saturated carbocycles. The predicted octanol–water partition coefficient (Wildman–Crippen LogP) is 6.59. The normalized spacial score (nSPS) is 11.8. The molecule has 1 aromatic heterocycles. The van der Waals surface area contributed by atoms with Crippen molar-refractivity contribution < 1.29 is 4.79 Å². The number of rotatable bonds is 8. The van der Waals surface area contributed by atoms with Crippen molar-refractivity contribution in [1.29, 1.82) is 0 Å². The van der Waals surface area contributed by atoms with Crippen molar-refractivity contribution in [3.05, 3.63) is 102 Å². The SMILES string of the molecule is CCCc1ccc(-c2nc(-c3ccccc3)n(C)c2C(=O)NC(CC)c2ccccc2)cc1. The van der Waals surface area contributed by atoms with E-state index in [1.807, 2.05) is 60.1 Å². The molecule has 0 spiro atoms. The molecule has 4 nitrogen and oxygen atoms in total. The number of carbonyl (C=O) groups excluding carboxylic acids is 1. The standard InChI is InChI=1S/C29H31N3O/c1-4-12-21-17-19-23(20-18-21)26-27(32(3)28(31-26)24-15-10-7-11-16-24)29(33)30-25(5-2)22-13-8-6-9-14-22/h6-11,13-20,25H,4-5,12H2,1-3H3,(H,30,33). The first kappa shape index (κ1) is 22.5. The maximum absolute atomic E-state index is 13.6. The predicted molar refractivity (Wildman–Crippen MR) is 135 cm³/mol. The van der Waals surface area contributed by atoms with Gasteiger partial charge in [-0.15, -0.1) is 0 Å². The fourth-order valence-corrected chi connectivity index (χ4v) is 4.26. The van der Waals surface area contributed by atoms with Gasteiger partial charge in [-0.1, -0.05) is 105 Å². The maximum Gasteiger partial charge on any atom is 0.270 e. The molecular formula is C29H31N3O. The molecule has 1 amide bonds. The smallest absolute Gasteiger partial charge is 0.270 e. The minimum absolute atomic E-state index is 0.0615. The highest BCUT2D eigenvalue weighted by Gasteiger charge is 2.25. The van der Waals surface area contributed by atoms with Gasteiger partial charge in [0, 0.05) is 18.2 Å². The van der Waals surface area contributed by atoms with E-state index in [1.54, 1.807) is 0 Å². The van der Waals surface area contributed by atoms with Gasteiger partial charge in [0.2, 0.25) is 0 Å². The van der Waals surface area contributed by atoms with Crippen LogP contribution in [0.2, 0.25) is 0 Å². The van der Waals surface area contributed by atoms with Crippen LogP contribution in [0.3, 0.4) is 0 Å². The molecule has 0 aliphatic rings. The fraction of sp³-hybridized carbons (Fsp3) is 0.241. The van der Waals surface area contributed by atoms with Gasteiger partial charge in [0.15, 0.2) is 0 Å². The average molecular weight is 438 g/mol. The Morgan fingerprint density at radius 2 is 1.52 bits per heavy atom. The van der Waals surface area contributed by atoms with Crippen molar-refractivity contribution in [2.75, 3.05) is 0 Å². The summed E-state index contributed by atoms with van der Waals surface area (Å²) in [5, 5.41) is 3.25. The monoisotopic (exact) mass is 437 g/mol. The number of benzene rings is 3. The quantitative estimate of drug-likeness (QED) is 0.338. The summed E-state index contributed by atoms with van der Waals surface area (Å²) in [6, 6.07) is 28.5. The zero-order valence-electron chi connectivity index (χ0n) is 19.6. The number of aromatic nitrogens is 2. The van der Waals surface area contributed by atoms with Crippen LogP contribution in [0.1, 0.15) is 54.3 Å². The van der Waals surface area contributed by atoms with Crippen molar-refractivity contribution in [1.82, 2.24) is 14.9 Å². The van der Waals surface area contributed by atoms with Crippen LogP contribution in [0.25, 0.3) is 22.6 Å². The van der Waals surface area contributed by atoms with Gasteiger partial charge in [0.05, 0.1) is 6.04 Å². The van der Waals surface area contributed by atoms with E-state index in [-0.39, 0.29) is 11.9 Å². The van der Waals surface area contributed by atoms with Crippen LogP contribution in [0.15, 0.2) is 84.9 Å². The van der Waals surface area contributed by atoms with Gasteiger partial charge in [0.1, 0.15) is 17.2 Å². The third-order valence-electron chi connectivity index (χ3n) is 6.02. The molecule has 4 aromatic rings. The number of nitrogens with one attached hydrogen (secondary N) is 1. The summed E-state index contributed by atoms with van der Waals surface area (Å²) in [6.07, 6.45) is 2.95. The summed E-state index contributed by atoms with van der Waals surface area (Å²) in [5.41, 5.74) is 5.61. The van der Waals surface area contributed by atoms with Crippen LogP contribution in [-0.4, -0.2) is 15.5 Å². The molecule has 0 aliphatic carbocycles. The lowest BCUT2D eigenvalue weighted by Gasteiger charge is -2.18. The second kappa shape index (κ2) is 10.3. The molecule has 33 heavy (non-hydrogen) atoms. The first-order chi connectivity index (χ1) is 16.1. The molecule has 168 valence electrons. The topological polar surface area (TPSA) is 46.9 Å². The second-order valence-corrected chi connectivity index (χ2v) is 8.35. The fourth-order valence-electron chi connectivity index (χ4n) is 4.26. The molecule has 0 aliphatic heterocycles. The Kier molecular flexibility index (Phi) is 7.04.